The van der Waals surface area contributed by atoms with Crippen molar-refractivity contribution < 1.29 is 14.3 Å². The SMILES string of the molecule is COc1nc2sccn2c1CNC1CC(=O)N(C)C1=O. The minimum absolute atomic E-state index is 0.159. The van der Waals surface area contributed by atoms with Gasteiger partial charge >= 0.3 is 0 Å². The molecular formula is C12H14N4O3S. The molecular weight excluding hydrogens is 280 g/mol. The molecule has 0 aromatic carbocycles. The highest BCUT2D eigenvalue weighted by atomic mass is 32.1. The molecule has 1 unspecified atom stereocenters. The Labute approximate surface area is 119 Å². The Hall–Kier alpha value is -1.93. The molecule has 0 saturated carbocycles. The summed E-state index contributed by atoms with van der Waals surface area (Å²) in [5, 5.41) is 5.04. The second kappa shape index (κ2) is 4.88. The first-order valence-corrected chi connectivity index (χ1v) is 7.02. The van der Waals surface area contributed by atoms with Gasteiger partial charge in [-0.1, -0.05) is 0 Å². The number of nitrogens with zero attached hydrogens (tertiary/aromatic N) is 3. The van der Waals surface area contributed by atoms with Crippen LogP contribution in [0.2, 0.25) is 0 Å². The van der Waals surface area contributed by atoms with Crippen LogP contribution in [0.1, 0.15) is 12.1 Å². The number of aromatic nitrogens is 2. The van der Waals surface area contributed by atoms with Gasteiger partial charge in [0.25, 0.3) is 0 Å². The number of likely N-dealkylation sites (tertiary alicyclic amines) is 1. The molecule has 0 aliphatic carbocycles. The first-order valence-electron chi connectivity index (χ1n) is 6.14. The molecule has 7 nitrogen and oxygen atoms in total. The van der Waals surface area contributed by atoms with Gasteiger partial charge in [-0.25, -0.2) is 0 Å². The topological polar surface area (TPSA) is 75.9 Å². The number of carbonyl (C=O) groups excluding carboxylic acids is 2. The van der Waals surface area contributed by atoms with E-state index in [0.717, 1.165) is 15.6 Å². The van der Waals surface area contributed by atoms with E-state index in [-0.39, 0.29) is 18.2 Å². The first-order chi connectivity index (χ1) is 9.61. The van der Waals surface area contributed by atoms with Crippen molar-refractivity contribution in [1.82, 2.24) is 19.6 Å². The number of fused-ring (bicyclic) bond motifs is 1. The number of hydrogen-bond acceptors (Lipinski definition) is 6. The Bertz CT molecular complexity index is 677. The number of nitrogens with one attached hydrogen (secondary N) is 1. The summed E-state index contributed by atoms with van der Waals surface area (Å²) in [6.45, 7) is 0.415. The van der Waals surface area contributed by atoms with Crippen molar-refractivity contribution in [3.8, 4) is 5.88 Å². The lowest BCUT2D eigenvalue weighted by atomic mass is 10.2. The number of imidazole rings is 1. The monoisotopic (exact) mass is 294 g/mol. The van der Waals surface area contributed by atoms with Crippen LogP contribution in [-0.2, 0) is 16.1 Å². The van der Waals surface area contributed by atoms with Gasteiger partial charge in [-0.3, -0.25) is 24.2 Å². The van der Waals surface area contributed by atoms with Gasteiger partial charge in [-0.05, 0) is 0 Å². The van der Waals surface area contributed by atoms with Crippen LogP contribution < -0.4 is 10.1 Å². The highest BCUT2D eigenvalue weighted by Crippen LogP contribution is 2.23. The van der Waals surface area contributed by atoms with Crippen LogP contribution in [0.4, 0.5) is 0 Å². The van der Waals surface area contributed by atoms with E-state index in [1.165, 1.54) is 18.4 Å². The molecule has 2 aromatic rings. The Balaban J connectivity index is 1.78. The van der Waals surface area contributed by atoms with E-state index in [9.17, 15) is 9.59 Å². The number of thiazole rings is 1. The molecule has 2 amide bonds. The van der Waals surface area contributed by atoms with Crippen molar-refractivity contribution in [3.05, 3.63) is 17.3 Å². The lowest BCUT2D eigenvalue weighted by Crippen LogP contribution is -2.36. The third-order valence-corrected chi connectivity index (χ3v) is 4.17. The second-order valence-electron chi connectivity index (χ2n) is 4.55. The normalized spacial score (nSPS) is 19.3. The summed E-state index contributed by atoms with van der Waals surface area (Å²) in [6.07, 6.45) is 2.10. The molecule has 0 spiro atoms. The van der Waals surface area contributed by atoms with Crippen LogP contribution in [0.5, 0.6) is 5.88 Å². The molecule has 1 atom stereocenters. The third kappa shape index (κ3) is 1.97. The van der Waals surface area contributed by atoms with Gasteiger partial charge in [0.1, 0.15) is 5.69 Å². The summed E-state index contributed by atoms with van der Waals surface area (Å²) in [5.74, 6) is 0.183. The van der Waals surface area contributed by atoms with E-state index in [4.69, 9.17) is 4.74 Å². The molecule has 20 heavy (non-hydrogen) atoms. The quantitative estimate of drug-likeness (QED) is 0.818. The number of ether oxygens (including phenoxy) is 1. The molecule has 3 rings (SSSR count). The van der Waals surface area contributed by atoms with Crippen LogP contribution in [0, 0.1) is 0 Å². The van der Waals surface area contributed by atoms with Crippen molar-refractivity contribution in [3.63, 3.8) is 0 Å². The zero-order valence-corrected chi connectivity index (χ0v) is 11.9. The van der Waals surface area contributed by atoms with Gasteiger partial charge in [-0.2, -0.15) is 4.98 Å². The van der Waals surface area contributed by atoms with Gasteiger partial charge in [0, 0.05) is 25.2 Å². The lowest BCUT2D eigenvalue weighted by molar-refractivity contribution is -0.137. The number of rotatable bonds is 4. The maximum Gasteiger partial charge on any atom is 0.246 e. The highest BCUT2D eigenvalue weighted by molar-refractivity contribution is 7.15. The average Bonchev–Trinajstić information content (AvgIpc) is 3.07. The van der Waals surface area contributed by atoms with E-state index in [1.807, 2.05) is 16.0 Å². The highest BCUT2D eigenvalue weighted by Gasteiger charge is 2.35. The van der Waals surface area contributed by atoms with Crippen LogP contribution in [0.25, 0.3) is 4.96 Å². The first kappa shape index (κ1) is 13.1. The van der Waals surface area contributed by atoms with Crippen LogP contribution in [0.15, 0.2) is 11.6 Å². The zero-order chi connectivity index (χ0) is 14.3. The summed E-state index contributed by atoms with van der Waals surface area (Å²) >= 11 is 1.51. The number of imide groups is 1. The number of likely N-dealkylation sites (N-methyl/N-ethyl adjacent to an activating group) is 1. The summed E-state index contributed by atoms with van der Waals surface area (Å²) in [7, 11) is 3.07. The number of methoxy groups -OCH3 is 1. The standard InChI is InChI=1S/C12H14N4O3S/c1-15-9(17)5-7(11(15)18)13-6-8-10(19-2)14-12-16(8)3-4-20-12/h3-4,7,13H,5-6H2,1-2H3. The lowest BCUT2D eigenvalue weighted by Gasteiger charge is -2.11. The Morgan fingerprint density at radius 2 is 2.35 bits per heavy atom. The summed E-state index contributed by atoms with van der Waals surface area (Å²) < 4.78 is 7.16. The molecule has 2 aromatic heterocycles. The molecule has 0 bridgehead atoms. The van der Waals surface area contributed by atoms with E-state index < -0.39 is 6.04 Å². The van der Waals surface area contributed by atoms with Gasteiger partial charge in [0.2, 0.25) is 17.7 Å². The van der Waals surface area contributed by atoms with E-state index in [2.05, 4.69) is 10.3 Å². The Morgan fingerprint density at radius 1 is 1.55 bits per heavy atom. The largest absolute Gasteiger partial charge is 0.480 e. The van der Waals surface area contributed by atoms with Gasteiger partial charge in [0.15, 0.2) is 4.96 Å². The second-order valence-corrected chi connectivity index (χ2v) is 5.42. The molecule has 8 heteroatoms. The summed E-state index contributed by atoms with van der Waals surface area (Å²) in [4.78, 5) is 29.6. The van der Waals surface area contributed by atoms with E-state index in [1.54, 1.807) is 7.11 Å². The fourth-order valence-electron chi connectivity index (χ4n) is 2.27. The van der Waals surface area contributed by atoms with E-state index in [0.29, 0.717) is 12.4 Å². The molecule has 1 aliphatic heterocycles. The maximum atomic E-state index is 11.8. The smallest absolute Gasteiger partial charge is 0.246 e. The average molecular weight is 294 g/mol. The van der Waals surface area contributed by atoms with Gasteiger partial charge in [-0.15, -0.1) is 11.3 Å². The summed E-state index contributed by atoms with van der Waals surface area (Å²) in [5.41, 5.74) is 0.846. The van der Waals surface area contributed by atoms with Crippen molar-refractivity contribution in [2.24, 2.45) is 0 Å². The Morgan fingerprint density at radius 3 is 3.00 bits per heavy atom. The summed E-state index contributed by atoms with van der Waals surface area (Å²) in [6, 6.07) is -0.471. The van der Waals surface area contributed by atoms with Crippen molar-refractivity contribution >= 4 is 28.1 Å². The molecule has 1 aliphatic rings. The number of carbonyl (C=O) groups is 2. The van der Waals surface area contributed by atoms with Crippen LogP contribution in [-0.4, -0.2) is 46.3 Å². The maximum absolute atomic E-state index is 11.8. The third-order valence-electron chi connectivity index (χ3n) is 3.42. The van der Waals surface area contributed by atoms with Crippen LogP contribution in [0.3, 0.4) is 0 Å². The van der Waals surface area contributed by atoms with Gasteiger partial charge in [0.05, 0.1) is 19.6 Å². The van der Waals surface area contributed by atoms with E-state index >= 15 is 0 Å². The van der Waals surface area contributed by atoms with Crippen molar-refractivity contribution in [2.75, 3.05) is 14.2 Å². The van der Waals surface area contributed by atoms with Crippen molar-refractivity contribution in [1.29, 1.82) is 0 Å². The number of hydrogen-bond donors (Lipinski definition) is 1. The Kier molecular flexibility index (Phi) is 3.19. The molecule has 1 N–H and O–H groups in total. The fraction of sp³-hybridized carbons (Fsp3) is 0.417. The fourth-order valence-corrected chi connectivity index (χ4v) is 3.00. The predicted molar refractivity (Wildman–Crippen MR) is 72.6 cm³/mol. The molecule has 3 heterocycles. The predicted octanol–water partition coefficient (Wildman–Crippen LogP) is 0.251. The van der Waals surface area contributed by atoms with Crippen LogP contribution >= 0.6 is 11.3 Å². The molecule has 1 saturated heterocycles. The van der Waals surface area contributed by atoms with Crippen molar-refractivity contribution in [2.45, 2.75) is 19.0 Å². The molecule has 0 radical (unpaired) electrons. The molecule has 1 fully saturated rings. The van der Waals surface area contributed by atoms with Gasteiger partial charge < -0.3 is 4.74 Å². The number of amides is 2. The minimum Gasteiger partial charge on any atom is -0.480 e. The molecule has 106 valence electrons. The minimum atomic E-state index is -0.471. The zero-order valence-electron chi connectivity index (χ0n) is 11.1.